The maximum absolute atomic E-state index is 12.7. The van der Waals surface area contributed by atoms with Crippen LogP contribution in [0.1, 0.15) is 31.5 Å². The van der Waals surface area contributed by atoms with Crippen LogP contribution in [0.15, 0.2) is 47.4 Å². The van der Waals surface area contributed by atoms with Gasteiger partial charge in [0.1, 0.15) is 0 Å². The molecule has 1 aromatic carbocycles. The molecule has 32 heavy (non-hydrogen) atoms. The minimum absolute atomic E-state index is 0.0124. The van der Waals surface area contributed by atoms with Crippen LogP contribution in [0.4, 0.5) is 0 Å². The second-order valence-corrected chi connectivity index (χ2v) is 10.7. The fraction of sp³-hybridized carbons (Fsp3) is 0.348. The zero-order chi connectivity index (χ0) is 23.5. The molecule has 0 bridgehead atoms. The highest BCUT2D eigenvalue weighted by molar-refractivity contribution is 7.90. The number of ether oxygens (including phenoxy) is 1. The van der Waals surface area contributed by atoms with Gasteiger partial charge in [0.05, 0.1) is 27.9 Å². The molecule has 0 atom stereocenters. The van der Waals surface area contributed by atoms with Crippen LogP contribution in [0.3, 0.4) is 0 Å². The summed E-state index contributed by atoms with van der Waals surface area (Å²) in [7, 11) is -1.74. The van der Waals surface area contributed by atoms with E-state index >= 15 is 0 Å². The number of benzene rings is 1. The van der Waals surface area contributed by atoms with E-state index in [0.29, 0.717) is 34.1 Å². The molecule has 3 rings (SSSR count). The molecule has 0 saturated carbocycles. The van der Waals surface area contributed by atoms with Crippen molar-refractivity contribution in [3.8, 4) is 23.0 Å². The number of hydrogen-bond acceptors (Lipinski definition) is 6. The van der Waals surface area contributed by atoms with Gasteiger partial charge in [0.25, 0.3) is 0 Å². The van der Waals surface area contributed by atoms with E-state index in [1.165, 1.54) is 10.6 Å². The lowest BCUT2D eigenvalue weighted by Crippen LogP contribution is -2.15. The number of aryl methyl sites for hydroxylation is 2. The van der Waals surface area contributed by atoms with Crippen LogP contribution in [0.2, 0.25) is 5.02 Å². The predicted octanol–water partition coefficient (Wildman–Crippen LogP) is 4.56. The van der Waals surface area contributed by atoms with Crippen molar-refractivity contribution in [2.75, 3.05) is 5.75 Å². The van der Waals surface area contributed by atoms with Gasteiger partial charge in [-0.2, -0.15) is 9.97 Å². The largest absolute Gasteiger partial charge is 0.422 e. The lowest BCUT2D eigenvalue weighted by atomic mass is 10.2. The molecule has 2 aromatic heterocycles. The van der Waals surface area contributed by atoms with Crippen molar-refractivity contribution < 1.29 is 13.2 Å². The third-order valence-electron chi connectivity index (χ3n) is 4.87. The number of sulfone groups is 1. The summed E-state index contributed by atoms with van der Waals surface area (Å²) in [6.45, 7) is 5.81. The summed E-state index contributed by atoms with van der Waals surface area (Å²) in [4.78, 5) is 20.6. The lowest BCUT2D eigenvalue weighted by molar-refractivity contribution is 0.438. The number of pyridine rings is 1. The molecule has 0 saturated heterocycles. The number of hydrogen-bond donors (Lipinski definition) is 0. The third-order valence-corrected chi connectivity index (χ3v) is 6.76. The lowest BCUT2D eigenvalue weighted by Gasteiger charge is -2.12. The monoisotopic (exact) mass is 475 g/mol. The van der Waals surface area contributed by atoms with Gasteiger partial charge in [-0.1, -0.05) is 37.6 Å². The van der Waals surface area contributed by atoms with Gasteiger partial charge in [-0.15, -0.1) is 0 Å². The van der Waals surface area contributed by atoms with Gasteiger partial charge in [0.2, 0.25) is 5.56 Å². The minimum atomic E-state index is -3.38. The second kappa shape index (κ2) is 9.83. The van der Waals surface area contributed by atoms with E-state index in [4.69, 9.17) is 16.3 Å². The molecule has 0 amide bonds. The Labute approximate surface area is 193 Å². The quantitative estimate of drug-likeness (QED) is 0.474. The zero-order valence-corrected chi connectivity index (χ0v) is 20.1. The van der Waals surface area contributed by atoms with E-state index in [9.17, 15) is 13.2 Å². The van der Waals surface area contributed by atoms with Crippen LogP contribution in [-0.4, -0.2) is 28.7 Å². The maximum atomic E-state index is 12.7. The number of para-hydroxylation sites is 1. The zero-order valence-electron chi connectivity index (χ0n) is 18.5. The Hall–Kier alpha value is -2.71. The number of rotatable bonds is 8. The van der Waals surface area contributed by atoms with Crippen LogP contribution in [0.5, 0.6) is 11.8 Å². The molecule has 0 spiro atoms. The van der Waals surface area contributed by atoms with Crippen molar-refractivity contribution >= 4 is 21.4 Å². The van der Waals surface area contributed by atoms with Gasteiger partial charge in [-0.3, -0.25) is 4.79 Å². The van der Waals surface area contributed by atoms with Crippen molar-refractivity contribution in [3.63, 3.8) is 0 Å². The highest BCUT2D eigenvalue weighted by Gasteiger charge is 2.18. The topological polar surface area (TPSA) is 91.1 Å². The number of aromatic nitrogens is 3. The highest BCUT2D eigenvalue weighted by Crippen LogP contribution is 2.32. The Bertz CT molecular complexity index is 1270. The molecule has 0 N–H and O–H groups in total. The molecule has 3 aromatic rings. The first-order valence-electron chi connectivity index (χ1n) is 10.2. The summed E-state index contributed by atoms with van der Waals surface area (Å²) in [5.41, 5.74) is 2.02. The van der Waals surface area contributed by atoms with Crippen molar-refractivity contribution in [2.24, 2.45) is 13.0 Å². The molecule has 0 aliphatic rings. The van der Waals surface area contributed by atoms with Crippen molar-refractivity contribution in [2.45, 2.75) is 32.9 Å². The van der Waals surface area contributed by atoms with E-state index in [1.807, 2.05) is 26.8 Å². The van der Waals surface area contributed by atoms with Gasteiger partial charge in [0.15, 0.2) is 15.6 Å². The average Bonchev–Trinajstić information content (AvgIpc) is 2.71. The van der Waals surface area contributed by atoms with E-state index in [0.717, 1.165) is 5.56 Å². The Morgan fingerprint density at radius 1 is 1.16 bits per heavy atom. The predicted molar refractivity (Wildman–Crippen MR) is 126 cm³/mol. The van der Waals surface area contributed by atoms with Crippen molar-refractivity contribution in [1.82, 2.24) is 14.5 Å². The molecule has 7 nitrogen and oxygen atoms in total. The van der Waals surface area contributed by atoms with Gasteiger partial charge >= 0.3 is 6.01 Å². The van der Waals surface area contributed by atoms with E-state index < -0.39 is 9.84 Å². The molecule has 2 heterocycles. The van der Waals surface area contributed by atoms with Gasteiger partial charge in [-0.25, -0.2) is 8.42 Å². The standard InChI is InChI=1S/C23H26ClN3O4S/c1-15(2)10-11-32(29,30)14-18-12-20(17-8-9-21(28)27(4)13-17)26-23(25-18)31-22-16(3)6-5-7-19(22)24/h5-9,12-13,15H,10-11,14H2,1-4H3. The Morgan fingerprint density at radius 2 is 1.91 bits per heavy atom. The van der Waals surface area contributed by atoms with Gasteiger partial charge in [0, 0.05) is 24.9 Å². The first kappa shape index (κ1) is 23.9. The first-order valence-corrected chi connectivity index (χ1v) is 12.4. The van der Waals surface area contributed by atoms with Crippen molar-refractivity contribution in [1.29, 1.82) is 0 Å². The van der Waals surface area contributed by atoms with E-state index in [1.54, 1.807) is 37.5 Å². The molecule has 0 fully saturated rings. The van der Waals surface area contributed by atoms with Crippen LogP contribution >= 0.6 is 11.6 Å². The highest BCUT2D eigenvalue weighted by atomic mass is 35.5. The fourth-order valence-electron chi connectivity index (χ4n) is 3.04. The smallest absolute Gasteiger partial charge is 0.322 e. The molecule has 9 heteroatoms. The number of nitrogens with zero attached hydrogens (tertiary/aromatic N) is 3. The molecular weight excluding hydrogens is 450 g/mol. The number of halogens is 1. The molecule has 0 radical (unpaired) electrons. The SMILES string of the molecule is Cc1cccc(Cl)c1Oc1nc(CS(=O)(=O)CCC(C)C)cc(-c2ccc(=O)n(C)c2)n1. The normalized spacial score (nSPS) is 11.7. The molecule has 0 aliphatic heterocycles. The van der Waals surface area contributed by atoms with Crippen LogP contribution in [0.25, 0.3) is 11.3 Å². The Balaban J connectivity index is 2.05. The van der Waals surface area contributed by atoms with Crippen LogP contribution in [-0.2, 0) is 22.6 Å². The van der Waals surface area contributed by atoms with E-state index in [-0.39, 0.29) is 29.0 Å². The summed E-state index contributed by atoms with van der Waals surface area (Å²) >= 11 is 6.28. The second-order valence-electron chi connectivity index (χ2n) is 8.16. The van der Waals surface area contributed by atoms with Gasteiger partial charge in [-0.05, 0) is 43.0 Å². The van der Waals surface area contributed by atoms with Crippen LogP contribution < -0.4 is 10.3 Å². The van der Waals surface area contributed by atoms with Gasteiger partial charge < -0.3 is 9.30 Å². The maximum Gasteiger partial charge on any atom is 0.322 e. The summed E-state index contributed by atoms with van der Waals surface area (Å²) < 4.78 is 32.6. The molecule has 0 aliphatic carbocycles. The molecule has 170 valence electrons. The Morgan fingerprint density at radius 3 is 2.56 bits per heavy atom. The fourth-order valence-corrected chi connectivity index (χ4v) is 4.87. The average molecular weight is 476 g/mol. The summed E-state index contributed by atoms with van der Waals surface area (Å²) in [6.07, 6.45) is 2.20. The summed E-state index contributed by atoms with van der Waals surface area (Å²) in [6, 6.07) is 9.99. The minimum Gasteiger partial charge on any atom is -0.422 e. The summed E-state index contributed by atoms with van der Waals surface area (Å²) in [5.74, 6) is 0.515. The van der Waals surface area contributed by atoms with Crippen molar-refractivity contribution in [3.05, 3.63) is 69.2 Å². The van der Waals surface area contributed by atoms with E-state index in [2.05, 4.69) is 9.97 Å². The molecular formula is C23H26ClN3O4S. The molecule has 0 unspecified atom stereocenters. The van der Waals surface area contributed by atoms with Crippen LogP contribution in [0, 0.1) is 12.8 Å². The summed E-state index contributed by atoms with van der Waals surface area (Å²) in [5, 5.41) is 0.396. The first-order chi connectivity index (χ1) is 15.0. The Kier molecular flexibility index (Phi) is 7.36. The third kappa shape index (κ3) is 6.17.